The van der Waals surface area contributed by atoms with E-state index in [1.54, 1.807) is 11.2 Å². The van der Waals surface area contributed by atoms with Crippen molar-refractivity contribution in [3.8, 4) is 17.0 Å². The lowest BCUT2D eigenvalue weighted by molar-refractivity contribution is -0.138. The summed E-state index contributed by atoms with van der Waals surface area (Å²) in [4.78, 5) is 28.6. The molecule has 5 heterocycles. The molecule has 0 saturated carbocycles. The van der Waals surface area contributed by atoms with Crippen LogP contribution in [0, 0.1) is 6.04 Å². The topological polar surface area (TPSA) is 90.3 Å². The molecular weight excluding hydrogens is 485 g/mol. The molecule has 11 heteroatoms. The number of phenols is 1. The molecule has 6 rings (SSSR count). The van der Waals surface area contributed by atoms with Gasteiger partial charge in [0.05, 0.1) is 17.3 Å². The molecule has 2 aliphatic rings. The van der Waals surface area contributed by atoms with Gasteiger partial charge in [-0.05, 0) is 43.2 Å². The maximum atomic E-state index is 13.1. The Balaban J connectivity index is 1.04. The van der Waals surface area contributed by atoms with Gasteiger partial charge in [0.1, 0.15) is 17.7 Å². The lowest BCUT2D eigenvalue weighted by Crippen LogP contribution is -2.56. The summed E-state index contributed by atoms with van der Waals surface area (Å²) in [5, 5.41) is 10.5. The Morgan fingerprint density at radius 2 is 1.86 bits per heavy atom. The van der Waals surface area contributed by atoms with Crippen molar-refractivity contribution < 1.29 is 23.1 Å². The van der Waals surface area contributed by atoms with Gasteiger partial charge in [-0.15, -0.1) is 0 Å². The van der Waals surface area contributed by atoms with E-state index in [1.807, 2.05) is 24.5 Å². The molecule has 1 aromatic carbocycles. The molecule has 8 nitrogen and oxygen atoms in total. The number of likely N-dealkylation sites (tertiary alicyclic amines) is 2. The van der Waals surface area contributed by atoms with Crippen molar-refractivity contribution in [1.82, 2.24) is 29.3 Å². The van der Waals surface area contributed by atoms with E-state index < -0.39 is 23.4 Å². The fourth-order valence-electron chi connectivity index (χ4n) is 5.19. The second-order valence-electron chi connectivity index (χ2n) is 9.49. The zero-order valence-corrected chi connectivity index (χ0v) is 19.7. The molecule has 1 radical (unpaired) electrons. The predicted molar refractivity (Wildman–Crippen MR) is 130 cm³/mol. The molecule has 2 fully saturated rings. The van der Waals surface area contributed by atoms with Crippen LogP contribution in [-0.2, 0) is 6.18 Å². The summed E-state index contributed by atoms with van der Waals surface area (Å²) in [6.45, 7) is 2.60. The van der Waals surface area contributed by atoms with E-state index in [9.17, 15) is 23.1 Å². The van der Waals surface area contributed by atoms with Crippen LogP contribution in [0.4, 0.5) is 13.2 Å². The molecule has 2 saturated heterocycles. The molecule has 0 spiro atoms. The molecule has 1 amide bonds. The lowest BCUT2D eigenvalue weighted by atomic mass is 9.96. The molecule has 3 aromatic heterocycles. The van der Waals surface area contributed by atoms with E-state index in [-0.39, 0.29) is 5.56 Å². The summed E-state index contributed by atoms with van der Waals surface area (Å²) in [5.74, 6) is -1.32. The van der Waals surface area contributed by atoms with E-state index in [4.69, 9.17) is 0 Å². The molecule has 0 bridgehead atoms. The molecule has 0 atom stereocenters. The Hall–Kier alpha value is -3.86. The number of aromatic hydroxyl groups is 1. The van der Waals surface area contributed by atoms with Crippen LogP contribution < -0.4 is 0 Å². The van der Waals surface area contributed by atoms with Crippen molar-refractivity contribution in [2.24, 2.45) is 0 Å². The van der Waals surface area contributed by atoms with Crippen molar-refractivity contribution >= 4 is 16.9 Å². The van der Waals surface area contributed by atoms with Gasteiger partial charge in [0, 0.05) is 67.3 Å². The minimum absolute atomic E-state index is 0.0628. The summed E-state index contributed by atoms with van der Waals surface area (Å²) < 4.78 is 41.5. The maximum Gasteiger partial charge on any atom is 0.419 e. The number of halogens is 3. The number of alkyl halides is 3. The number of aromatic nitrogens is 4. The molecule has 37 heavy (non-hydrogen) atoms. The number of aromatic amines is 1. The lowest BCUT2D eigenvalue weighted by Gasteiger charge is -2.47. The Bertz CT molecular complexity index is 1450. The molecule has 0 unspecified atom stereocenters. The van der Waals surface area contributed by atoms with Gasteiger partial charge in [0.2, 0.25) is 0 Å². The molecule has 4 aromatic rings. The van der Waals surface area contributed by atoms with Gasteiger partial charge in [-0.3, -0.25) is 9.69 Å². The molecule has 191 valence electrons. The number of carbonyl (C=O) groups is 1. The van der Waals surface area contributed by atoms with Gasteiger partial charge < -0.3 is 19.6 Å². The first kappa shape index (κ1) is 23.5. The van der Waals surface area contributed by atoms with Gasteiger partial charge in [0.25, 0.3) is 5.91 Å². The van der Waals surface area contributed by atoms with E-state index >= 15 is 0 Å². The molecule has 2 N–H and O–H groups in total. The largest absolute Gasteiger partial charge is 0.507 e. The van der Waals surface area contributed by atoms with Crippen LogP contribution in [-0.4, -0.2) is 72.6 Å². The van der Waals surface area contributed by atoms with Crippen molar-refractivity contribution in [3.05, 3.63) is 72.4 Å². The Labute approximate surface area is 210 Å². The van der Waals surface area contributed by atoms with Gasteiger partial charge in [-0.2, -0.15) is 13.2 Å². The first-order valence-corrected chi connectivity index (χ1v) is 12.0. The maximum absolute atomic E-state index is 13.1. The number of fused-ring (bicyclic) bond motifs is 1. The first-order chi connectivity index (χ1) is 17.8. The average molecular weight is 510 g/mol. The van der Waals surface area contributed by atoms with E-state index in [0.717, 1.165) is 60.4 Å². The van der Waals surface area contributed by atoms with E-state index in [1.165, 1.54) is 12.1 Å². The first-order valence-electron chi connectivity index (χ1n) is 12.0. The molecule has 2 aliphatic heterocycles. The van der Waals surface area contributed by atoms with Crippen molar-refractivity contribution in [1.29, 1.82) is 0 Å². The Morgan fingerprint density at radius 1 is 1.08 bits per heavy atom. The van der Waals surface area contributed by atoms with Crippen LogP contribution in [0.5, 0.6) is 5.75 Å². The number of hydrogen-bond donors (Lipinski definition) is 2. The number of piperidine rings is 1. The zero-order valence-electron chi connectivity index (χ0n) is 19.7. The minimum Gasteiger partial charge on any atom is -0.507 e. The number of H-pyrrole nitrogens is 1. The Morgan fingerprint density at radius 3 is 2.62 bits per heavy atom. The van der Waals surface area contributed by atoms with E-state index in [2.05, 4.69) is 30.6 Å². The Kier molecular flexibility index (Phi) is 5.67. The van der Waals surface area contributed by atoms with Crippen LogP contribution in [0.2, 0.25) is 0 Å². The second kappa shape index (κ2) is 8.91. The van der Waals surface area contributed by atoms with Gasteiger partial charge in [-0.25, -0.2) is 9.97 Å². The summed E-state index contributed by atoms with van der Waals surface area (Å²) in [6, 6.07) is 8.50. The highest BCUT2D eigenvalue weighted by molar-refractivity contribution is 5.94. The highest BCUT2D eigenvalue weighted by Gasteiger charge is 2.38. The highest BCUT2D eigenvalue weighted by atomic mass is 19.4. The van der Waals surface area contributed by atoms with Crippen molar-refractivity contribution in [2.75, 3.05) is 26.2 Å². The van der Waals surface area contributed by atoms with Crippen LogP contribution in [0.3, 0.4) is 0 Å². The van der Waals surface area contributed by atoms with Gasteiger partial charge >= 0.3 is 6.18 Å². The third-order valence-corrected chi connectivity index (χ3v) is 7.27. The summed E-state index contributed by atoms with van der Waals surface area (Å²) in [6.07, 6.45) is 4.31. The number of phenolic OH excluding ortho intramolecular Hbond substituents is 1. The van der Waals surface area contributed by atoms with Gasteiger partial charge in [-0.1, -0.05) is 0 Å². The van der Waals surface area contributed by atoms with Gasteiger partial charge in [0.15, 0.2) is 0 Å². The number of nitrogens with one attached hydrogen (secondary N) is 1. The van der Waals surface area contributed by atoms with Crippen LogP contribution >= 0.6 is 0 Å². The summed E-state index contributed by atoms with van der Waals surface area (Å²) >= 11 is 0. The summed E-state index contributed by atoms with van der Waals surface area (Å²) in [5.41, 5.74) is 1.45. The standard InChI is InChI=1S/C26H24F3N6O2/c27-26(28,29)21-11-16(1-2-22(21)36)25(37)33-9-5-18(6-10-33)35-13-19(14-35)34-8-4-17(12-34)23-20-3-7-30-24(20)32-15-31-23/h1-4,7-8,11-12,15,18,36H,5-6,9-10,13-14H2,(H,30,31,32). The quantitative estimate of drug-likeness (QED) is 0.432. The number of benzene rings is 1. The SMILES string of the molecule is O=C(c1ccc(O)c(C(F)(F)F)c1)N1CCC(N2C[C](n3ccc(-c4ncnc5[nH]ccc45)c3)C2)CC1. The number of hydrogen-bond acceptors (Lipinski definition) is 5. The molecular formula is C26H24F3N6O2. The van der Waals surface area contributed by atoms with Crippen LogP contribution in [0.15, 0.2) is 55.2 Å². The zero-order chi connectivity index (χ0) is 25.7. The van der Waals surface area contributed by atoms with Crippen molar-refractivity contribution in [2.45, 2.75) is 25.1 Å². The fraction of sp³-hybridized carbons (Fsp3) is 0.308. The third kappa shape index (κ3) is 4.33. The predicted octanol–water partition coefficient (Wildman–Crippen LogP) is 4.15. The number of carbonyl (C=O) groups excluding carboxylic acids is 1. The van der Waals surface area contributed by atoms with Crippen LogP contribution in [0.1, 0.15) is 28.8 Å². The number of amides is 1. The number of nitrogens with zero attached hydrogens (tertiary/aromatic N) is 5. The third-order valence-electron chi connectivity index (χ3n) is 7.27. The van der Waals surface area contributed by atoms with Crippen LogP contribution in [0.25, 0.3) is 22.3 Å². The smallest absolute Gasteiger partial charge is 0.419 e. The fourth-order valence-corrected chi connectivity index (χ4v) is 5.19. The molecule has 0 aliphatic carbocycles. The monoisotopic (exact) mass is 509 g/mol. The normalized spacial score (nSPS) is 17.9. The second-order valence-corrected chi connectivity index (χ2v) is 9.49. The highest BCUT2D eigenvalue weighted by Crippen LogP contribution is 2.37. The minimum atomic E-state index is -4.72. The summed E-state index contributed by atoms with van der Waals surface area (Å²) in [7, 11) is 0. The van der Waals surface area contributed by atoms with E-state index in [0.29, 0.717) is 19.1 Å². The average Bonchev–Trinajstić information content (AvgIpc) is 3.53. The van der Waals surface area contributed by atoms with Crippen molar-refractivity contribution in [3.63, 3.8) is 0 Å². The number of rotatable bonds is 4.